The van der Waals surface area contributed by atoms with Crippen molar-refractivity contribution in [3.8, 4) is 0 Å². The van der Waals surface area contributed by atoms with Gasteiger partial charge in [0.25, 0.3) is 0 Å². The van der Waals surface area contributed by atoms with Crippen LogP contribution in [-0.2, 0) is 0 Å². The summed E-state index contributed by atoms with van der Waals surface area (Å²) < 4.78 is 184. The molecule has 138 valence electrons. The highest BCUT2D eigenvalue weighted by atomic mass is 19.4. The molecule has 0 aliphatic rings. The molecule has 0 aromatic rings. The lowest BCUT2D eigenvalue weighted by atomic mass is 9.93. The van der Waals surface area contributed by atoms with Gasteiger partial charge in [0.15, 0.2) is 0 Å². The molecule has 0 aromatic carbocycles. The van der Waals surface area contributed by atoms with E-state index in [0.29, 0.717) is 0 Å². The molecule has 0 aliphatic carbocycles. The second kappa shape index (κ2) is 5.36. The molecule has 23 heavy (non-hydrogen) atoms. The van der Waals surface area contributed by atoms with Crippen LogP contribution in [0, 0.1) is 0 Å². The van der Waals surface area contributed by atoms with E-state index in [1.807, 2.05) is 0 Å². The lowest BCUT2D eigenvalue weighted by Gasteiger charge is -2.39. The quantitative estimate of drug-likeness (QED) is 0.551. The highest BCUT2D eigenvalue weighted by Crippen LogP contribution is 2.61. The normalized spacial score (nSPS) is 16.7. The third-order valence-electron chi connectivity index (χ3n) is 2.33. The van der Waals surface area contributed by atoms with Crippen molar-refractivity contribution >= 4 is 0 Å². The van der Waals surface area contributed by atoms with Crippen molar-refractivity contribution in [1.82, 2.24) is 0 Å². The minimum absolute atomic E-state index is 2.09. The van der Waals surface area contributed by atoms with Crippen LogP contribution in [0.5, 0.6) is 0 Å². The number of rotatable bonds is 5. The highest BCUT2D eigenvalue weighted by molar-refractivity contribution is 5.17. The Balaban J connectivity index is 6.36. The zero-order chi connectivity index (χ0) is 19.3. The Morgan fingerprint density at radius 3 is 1.09 bits per heavy atom. The van der Waals surface area contributed by atoms with Gasteiger partial charge in [0.2, 0.25) is 5.83 Å². The number of alkyl halides is 13. The van der Waals surface area contributed by atoms with Gasteiger partial charge in [-0.3, -0.25) is 0 Å². The van der Waals surface area contributed by atoms with E-state index in [9.17, 15) is 65.9 Å². The topological polar surface area (TPSA) is 0 Å². The van der Waals surface area contributed by atoms with Gasteiger partial charge in [0, 0.05) is 0 Å². The van der Waals surface area contributed by atoms with Gasteiger partial charge in [0.05, 0.1) is 0 Å². The first-order valence-corrected chi connectivity index (χ1v) is 4.65. The molecule has 0 spiro atoms. The maximum Gasteiger partial charge on any atom is 0.460 e. The second-order valence-electron chi connectivity index (χ2n) is 3.83. The number of hydrogen-bond donors (Lipinski definition) is 0. The van der Waals surface area contributed by atoms with E-state index in [2.05, 4.69) is 0 Å². The van der Waals surface area contributed by atoms with Crippen LogP contribution in [0.4, 0.5) is 65.9 Å². The SMILES string of the molecule is F/C=C(\F)C(F)(F)C(F)(F)C(F)(F)C(F)(F)C(F)(F)C(F)(F)F. The molecule has 0 bridgehead atoms. The highest BCUT2D eigenvalue weighted by Gasteiger charge is 2.91. The molecule has 0 atom stereocenters. The van der Waals surface area contributed by atoms with Crippen molar-refractivity contribution in [3.05, 3.63) is 12.2 Å². The third kappa shape index (κ3) is 2.70. The van der Waals surface area contributed by atoms with Gasteiger partial charge in [0.1, 0.15) is 6.33 Å². The van der Waals surface area contributed by atoms with Gasteiger partial charge in [-0.2, -0.15) is 57.1 Å². The van der Waals surface area contributed by atoms with Crippen molar-refractivity contribution < 1.29 is 65.9 Å². The van der Waals surface area contributed by atoms with Crippen LogP contribution in [0.1, 0.15) is 0 Å². The molecule has 0 aliphatic heterocycles. The summed E-state index contributed by atoms with van der Waals surface area (Å²) in [5, 5.41) is 0. The predicted octanol–water partition coefficient (Wildman–Crippen LogP) is 5.51. The summed E-state index contributed by atoms with van der Waals surface area (Å²) in [7, 11) is 0. The Morgan fingerprint density at radius 2 is 0.826 bits per heavy atom. The van der Waals surface area contributed by atoms with Crippen molar-refractivity contribution in [1.29, 1.82) is 0 Å². The molecule has 0 unspecified atom stereocenters. The summed E-state index contributed by atoms with van der Waals surface area (Å²) in [5.41, 5.74) is 0. The molecule has 0 radical (unpaired) electrons. The smallest absolute Gasteiger partial charge is 0.212 e. The molecule has 0 heterocycles. The van der Waals surface area contributed by atoms with Crippen LogP contribution in [-0.4, -0.2) is 35.8 Å². The maximum absolute atomic E-state index is 12.7. The molecule has 0 nitrogen and oxygen atoms in total. The summed E-state index contributed by atoms with van der Waals surface area (Å²) in [5.74, 6) is -43.3. The number of hydrogen-bond acceptors (Lipinski definition) is 0. The summed E-state index contributed by atoms with van der Waals surface area (Å²) >= 11 is 0. The average Bonchev–Trinajstić information content (AvgIpc) is 2.35. The lowest BCUT2D eigenvalue weighted by molar-refractivity contribution is -0.437. The van der Waals surface area contributed by atoms with E-state index < -0.39 is 47.9 Å². The molecule has 0 saturated carbocycles. The van der Waals surface area contributed by atoms with E-state index in [1.165, 1.54) is 0 Å². The molecule has 0 fully saturated rings. The second-order valence-corrected chi connectivity index (χ2v) is 3.83. The minimum atomic E-state index is -8.14. The summed E-state index contributed by atoms with van der Waals surface area (Å²) in [6.45, 7) is 0. The van der Waals surface area contributed by atoms with E-state index in [0.717, 1.165) is 0 Å². The van der Waals surface area contributed by atoms with Crippen molar-refractivity contribution in [3.63, 3.8) is 0 Å². The molecule has 0 N–H and O–H groups in total. The summed E-state index contributed by atoms with van der Waals surface area (Å²) in [6, 6.07) is 0. The standard InChI is InChI=1S/C8HF15/c9-1-2(10)3(11,12)4(13,14)5(15,16)6(17,18)7(19,20)8(21,22)23/h1H/b2-1-. The van der Waals surface area contributed by atoms with Gasteiger partial charge in [-0.1, -0.05) is 0 Å². The van der Waals surface area contributed by atoms with Gasteiger partial charge in [-0.25, -0.2) is 8.78 Å². The van der Waals surface area contributed by atoms with E-state index in [4.69, 9.17) is 0 Å². The summed E-state index contributed by atoms with van der Waals surface area (Å²) in [4.78, 5) is 0. The first-order valence-electron chi connectivity index (χ1n) is 4.65. The van der Waals surface area contributed by atoms with Crippen LogP contribution in [0.25, 0.3) is 0 Å². The fourth-order valence-electron chi connectivity index (χ4n) is 0.988. The van der Waals surface area contributed by atoms with Crippen molar-refractivity contribution in [2.24, 2.45) is 0 Å². The lowest BCUT2D eigenvalue weighted by Crippen LogP contribution is -2.70. The third-order valence-corrected chi connectivity index (χ3v) is 2.33. The van der Waals surface area contributed by atoms with Gasteiger partial charge in [-0.15, -0.1) is 0 Å². The first-order chi connectivity index (χ1) is 9.73. The largest absolute Gasteiger partial charge is 0.460 e. The maximum atomic E-state index is 12.7. The molecule has 0 aromatic heterocycles. The zero-order valence-corrected chi connectivity index (χ0v) is 9.75. The molecule has 15 heteroatoms. The molecule has 0 amide bonds. The fourth-order valence-corrected chi connectivity index (χ4v) is 0.988. The van der Waals surface area contributed by atoms with Crippen LogP contribution in [0.2, 0.25) is 0 Å². The van der Waals surface area contributed by atoms with Crippen molar-refractivity contribution in [2.45, 2.75) is 35.8 Å². The molecular weight excluding hydrogens is 381 g/mol. The first kappa shape index (κ1) is 21.7. The Hall–Kier alpha value is -1.31. The van der Waals surface area contributed by atoms with Crippen LogP contribution in [0.3, 0.4) is 0 Å². The van der Waals surface area contributed by atoms with Crippen LogP contribution < -0.4 is 0 Å². The van der Waals surface area contributed by atoms with Crippen molar-refractivity contribution in [2.75, 3.05) is 0 Å². The van der Waals surface area contributed by atoms with Gasteiger partial charge < -0.3 is 0 Å². The van der Waals surface area contributed by atoms with E-state index in [-0.39, 0.29) is 0 Å². The molecular formula is C8HF15. The number of allylic oxidation sites excluding steroid dienone is 1. The van der Waals surface area contributed by atoms with Gasteiger partial charge in [-0.05, 0) is 0 Å². The van der Waals surface area contributed by atoms with Crippen LogP contribution >= 0.6 is 0 Å². The number of halogens is 15. The fraction of sp³-hybridized carbons (Fsp3) is 0.750. The minimum Gasteiger partial charge on any atom is -0.212 e. The summed E-state index contributed by atoms with van der Waals surface area (Å²) in [6.07, 6.45) is -9.65. The molecule has 0 saturated heterocycles. The Labute approximate surface area is 115 Å². The Bertz CT molecular complexity index is 466. The average molecular weight is 382 g/mol. The monoisotopic (exact) mass is 382 g/mol. The molecule has 0 rings (SSSR count). The van der Waals surface area contributed by atoms with E-state index >= 15 is 0 Å². The van der Waals surface area contributed by atoms with Crippen LogP contribution in [0.15, 0.2) is 12.2 Å². The van der Waals surface area contributed by atoms with E-state index in [1.54, 1.807) is 0 Å². The Morgan fingerprint density at radius 1 is 0.522 bits per heavy atom. The Kier molecular flexibility index (Phi) is 5.05. The van der Waals surface area contributed by atoms with Gasteiger partial charge >= 0.3 is 35.8 Å². The zero-order valence-electron chi connectivity index (χ0n) is 9.75. The predicted molar refractivity (Wildman–Crippen MR) is 41.1 cm³/mol.